The van der Waals surface area contributed by atoms with Crippen LogP contribution in [0.3, 0.4) is 0 Å². The molecule has 0 spiro atoms. The van der Waals surface area contributed by atoms with Crippen LogP contribution in [0.4, 0.5) is 5.69 Å². The molecule has 0 atom stereocenters. The zero-order valence-corrected chi connectivity index (χ0v) is 10.4. The first kappa shape index (κ1) is 12.9. The van der Waals surface area contributed by atoms with Crippen LogP contribution < -0.4 is 10.6 Å². The third kappa shape index (κ3) is 3.16. The quantitative estimate of drug-likeness (QED) is 0.547. The number of hydrogen-bond acceptors (Lipinski definition) is 3. The van der Waals surface area contributed by atoms with E-state index in [1.165, 1.54) is 12.1 Å². The summed E-state index contributed by atoms with van der Waals surface area (Å²) >= 11 is 4.91. The van der Waals surface area contributed by atoms with Crippen LogP contribution in [-0.2, 0) is 10.1 Å². The Balaban J connectivity index is 3.06. The van der Waals surface area contributed by atoms with Crippen LogP contribution in [0.25, 0.3) is 0 Å². The van der Waals surface area contributed by atoms with E-state index < -0.39 is 10.1 Å². The lowest BCUT2D eigenvalue weighted by Crippen LogP contribution is -2.24. The summed E-state index contributed by atoms with van der Waals surface area (Å²) < 4.78 is 30.6. The molecular weight excluding hydrogens is 248 g/mol. The smallest absolute Gasteiger partial charge is 0.294 e. The van der Waals surface area contributed by atoms with Crippen molar-refractivity contribution in [2.75, 3.05) is 12.4 Å². The van der Waals surface area contributed by atoms with Crippen molar-refractivity contribution in [1.82, 2.24) is 5.32 Å². The minimum atomic E-state index is -4.15. The fourth-order valence-corrected chi connectivity index (χ4v) is 1.80. The van der Waals surface area contributed by atoms with Crippen molar-refractivity contribution in [3.05, 3.63) is 23.8 Å². The molecule has 7 heteroatoms. The van der Waals surface area contributed by atoms with Gasteiger partial charge in [0.15, 0.2) is 5.11 Å². The largest absolute Gasteiger partial charge is 0.366 e. The molecule has 0 aliphatic heterocycles. The summed E-state index contributed by atoms with van der Waals surface area (Å²) in [6.07, 6.45) is 0. The minimum Gasteiger partial charge on any atom is -0.366 e. The van der Waals surface area contributed by atoms with Gasteiger partial charge in [0.2, 0.25) is 0 Å². The predicted octanol–water partition coefficient (Wildman–Crippen LogP) is 1.16. The van der Waals surface area contributed by atoms with Crippen molar-refractivity contribution in [3.63, 3.8) is 0 Å². The highest BCUT2D eigenvalue weighted by Gasteiger charge is 2.11. The van der Waals surface area contributed by atoms with E-state index in [2.05, 4.69) is 10.6 Å². The van der Waals surface area contributed by atoms with Gasteiger partial charge in [-0.2, -0.15) is 8.42 Å². The topological polar surface area (TPSA) is 78.4 Å². The molecule has 3 N–H and O–H groups in total. The Morgan fingerprint density at radius 1 is 1.44 bits per heavy atom. The maximum atomic E-state index is 10.9. The van der Waals surface area contributed by atoms with E-state index in [4.69, 9.17) is 16.8 Å². The lowest BCUT2D eigenvalue weighted by molar-refractivity contribution is 0.483. The first-order chi connectivity index (χ1) is 7.34. The number of nitrogens with one attached hydrogen (secondary N) is 2. The van der Waals surface area contributed by atoms with Crippen molar-refractivity contribution in [3.8, 4) is 0 Å². The molecule has 1 aromatic rings. The minimum absolute atomic E-state index is 0.133. The molecule has 0 aliphatic carbocycles. The van der Waals surface area contributed by atoms with E-state index >= 15 is 0 Å². The number of thiocarbonyl (C=S) groups is 1. The molecule has 1 rings (SSSR count). The first-order valence-electron chi connectivity index (χ1n) is 4.41. The van der Waals surface area contributed by atoms with Crippen molar-refractivity contribution in [1.29, 1.82) is 0 Å². The Morgan fingerprint density at radius 2 is 2.06 bits per heavy atom. The van der Waals surface area contributed by atoms with Gasteiger partial charge < -0.3 is 10.6 Å². The van der Waals surface area contributed by atoms with Gasteiger partial charge in [0, 0.05) is 12.7 Å². The zero-order chi connectivity index (χ0) is 12.3. The highest BCUT2D eigenvalue weighted by molar-refractivity contribution is 7.85. The molecular formula is C9H12N2O3S2. The van der Waals surface area contributed by atoms with Crippen LogP contribution in [0.2, 0.25) is 0 Å². The Bertz CT molecular complexity index is 511. The molecule has 0 saturated heterocycles. The molecule has 0 fully saturated rings. The average molecular weight is 260 g/mol. The molecule has 0 bridgehead atoms. The fraction of sp³-hybridized carbons (Fsp3) is 0.222. The van der Waals surface area contributed by atoms with Crippen LogP contribution in [-0.4, -0.2) is 25.1 Å². The summed E-state index contributed by atoms with van der Waals surface area (Å²) in [5, 5.41) is 6.05. The molecule has 1 aromatic carbocycles. The van der Waals surface area contributed by atoms with Crippen molar-refractivity contribution in [2.45, 2.75) is 11.8 Å². The third-order valence-electron chi connectivity index (χ3n) is 1.97. The molecule has 0 unspecified atom stereocenters. The molecule has 0 amide bonds. The molecule has 0 aromatic heterocycles. The standard InChI is InChI=1S/C9H12N2O3S2/c1-6-5-7(16(12,13)14)3-4-8(6)11-9(15)10-2/h3-5H,1-2H3,(H2,10,11,15)(H,12,13,14). The van der Waals surface area contributed by atoms with E-state index in [0.717, 1.165) is 0 Å². The number of rotatable bonds is 2. The van der Waals surface area contributed by atoms with Gasteiger partial charge in [-0.3, -0.25) is 4.55 Å². The Hall–Kier alpha value is -1.18. The van der Waals surface area contributed by atoms with E-state index in [1.54, 1.807) is 20.0 Å². The van der Waals surface area contributed by atoms with E-state index in [0.29, 0.717) is 16.4 Å². The second kappa shape index (κ2) is 4.77. The van der Waals surface area contributed by atoms with Gasteiger partial charge in [-0.05, 0) is 42.9 Å². The number of hydrogen-bond donors (Lipinski definition) is 3. The molecule has 0 heterocycles. The summed E-state index contributed by atoms with van der Waals surface area (Å²) in [5.74, 6) is 0. The second-order valence-corrected chi connectivity index (χ2v) is 4.99. The van der Waals surface area contributed by atoms with Crippen molar-refractivity contribution < 1.29 is 13.0 Å². The average Bonchev–Trinajstić information content (AvgIpc) is 2.19. The highest BCUT2D eigenvalue weighted by Crippen LogP contribution is 2.19. The van der Waals surface area contributed by atoms with Crippen LogP contribution in [0, 0.1) is 6.92 Å². The normalized spacial score (nSPS) is 10.9. The number of anilines is 1. The van der Waals surface area contributed by atoms with Gasteiger partial charge in [0.1, 0.15) is 0 Å². The molecule has 16 heavy (non-hydrogen) atoms. The Labute approximate surface area is 99.6 Å². The van der Waals surface area contributed by atoms with Gasteiger partial charge in [0.25, 0.3) is 10.1 Å². The number of benzene rings is 1. The first-order valence-corrected chi connectivity index (χ1v) is 6.26. The van der Waals surface area contributed by atoms with Gasteiger partial charge in [-0.15, -0.1) is 0 Å². The fourth-order valence-electron chi connectivity index (χ4n) is 1.12. The SMILES string of the molecule is CNC(=S)Nc1ccc(S(=O)(=O)O)cc1C. The van der Waals surface area contributed by atoms with Crippen molar-refractivity contribution >= 4 is 33.1 Å². The molecule has 0 aliphatic rings. The Morgan fingerprint density at radius 3 is 2.50 bits per heavy atom. The van der Waals surface area contributed by atoms with Gasteiger partial charge >= 0.3 is 0 Å². The monoisotopic (exact) mass is 260 g/mol. The Kier molecular flexibility index (Phi) is 3.84. The van der Waals surface area contributed by atoms with E-state index in [9.17, 15) is 8.42 Å². The lowest BCUT2D eigenvalue weighted by atomic mass is 10.2. The van der Waals surface area contributed by atoms with Gasteiger partial charge in [0.05, 0.1) is 4.90 Å². The lowest BCUT2D eigenvalue weighted by Gasteiger charge is -2.10. The molecule has 0 radical (unpaired) electrons. The third-order valence-corrected chi connectivity index (χ3v) is 3.13. The maximum absolute atomic E-state index is 10.9. The predicted molar refractivity (Wildman–Crippen MR) is 66.3 cm³/mol. The summed E-state index contributed by atoms with van der Waals surface area (Å²) in [6, 6.07) is 4.22. The van der Waals surface area contributed by atoms with Crippen LogP contribution in [0.1, 0.15) is 5.56 Å². The van der Waals surface area contributed by atoms with Gasteiger partial charge in [-0.25, -0.2) is 0 Å². The van der Waals surface area contributed by atoms with Crippen LogP contribution in [0.15, 0.2) is 23.1 Å². The summed E-state index contributed by atoms with van der Waals surface area (Å²) in [7, 11) is -2.47. The zero-order valence-electron chi connectivity index (χ0n) is 8.81. The summed E-state index contributed by atoms with van der Waals surface area (Å²) in [4.78, 5) is -0.133. The van der Waals surface area contributed by atoms with Crippen LogP contribution >= 0.6 is 12.2 Å². The highest BCUT2D eigenvalue weighted by atomic mass is 32.2. The second-order valence-electron chi connectivity index (χ2n) is 3.16. The van der Waals surface area contributed by atoms with Crippen LogP contribution in [0.5, 0.6) is 0 Å². The molecule has 5 nitrogen and oxygen atoms in total. The molecule has 88 valence electrons. The number of aryl methyl sites for hydroxylation is 1. The maximum Gasteiger partial charge on any atom is 0.294 e. The molecule has 0 saturated carbocycles. The van der Waals surface area contributed by atoms with Gasteiger partial charge in [-0.1, -0.05) is 0 Å². The summed E-state index contributed by atoms with van der Waals surface area (Å²) in [6.45, 7) is 1.72. The van der Waals surface area contributed by atoms with E-state index in [-0.39, 0.29) is 4.90 Å². The summed E-state index contributed by atoms with van der Waals surface area (Å²) in [5.41, 5.74) is 1.36. The van der Waals surface area contributed by atoms with E-state index in [1.807, 2.05) is 0 Å². The van der Waals surface area contributed by atoms with Crippen molar-refractivity contribution in [2.24, 2.45) is 0 Å².